The van der Waals surface area contributed by atoms with Crippen molar-refractivity contribution >= 4 is 93.3 Å². The van der Waals surface area contributed by atoms with Crippen LogP contribution in [0.15, 0.2) is 303 Å². The van der Waals surface area contributed by atoms with E-state index in [2.05, 4.69) is 322 Å². The highest BCUT2D eigenvalue weighted by atomic mass is 15.1. The molecule has 80 heavy (non-hydrogen) atoms. The maximum Gasteiger partial charge on any atom is 0.0547 e. The first-order valence-corrected chi connectivity index (χ1v) is 27.5. The lowest BCUT2D eigenvalue weighted by Gasteiger charge is -2.28. The van der Waals surface area contributed by atoms with E-state index in [9.17, 15) is 0 Å². The van der Waals surface area contributed by atoms with Gasteiger partial charge in [-0.2, -0.15) is 0 Å². The zero-order valence-electron chi connectivity index (χ0n) is 43.7. The molecule has 0 saturated heterocycles. The molecule has 0 atom stereocenters. The Balaban J connectivity index is 0.830. The maximum absolute atomic E-state index is 2.43. The fourth-order valence-electron chi connectivity index (χ4n) is 12.8. The SMILES string of the molecule is c1ccc(-n2c3ccccc3c3cc(-c4ccc(N(c5ccc(-c6ccc7c(c6)c6ccccc6n7-c6ccccc6)cc5)c5ccc(-c6ccc7c8ccccc8n(-c8ccccc8)c7c6)c6ccccc56)cc4)ccc32)cc1. The Kier molecular flexibility index (Phi) is 10.5. The predicted molar refractivity (Wildman–Crippen MR) is 338 cm³/mol. The fraction of sp³-hybridized carbons (Fsp3) is 0. The zero-order chi connectivity index (χ0) is 52.7. The highest BCUT2D eigenvalue weighted by Gasteiger charge is 2.21. The van der Waals surface area contributed by atoms with Crippen molar-refractivity contribution in [2.45, 2.75) is 0 Å². The highest BCUT2D eigenvalue weighted by molar-refractivity contribution is 6.14. The summed E-state index contributed by atoms with van der Waals surface area (Å²) in [4.78, 5) is 2.43. The number of aromatic nitrogens is 3. The van der Waals surface area contributed by atoms with Gasteiger partial charge < -0.3 is 18.6 Å². The highest BCUT2D eigenvalue weighted by Crippen LogP contribution is 2.45. The second-order valence-corrected chi connectivity index (χ2v) is 20.9. The van der Waals surface area contributed by atoms with Crippen molar-refractivity contribution < 1.29 is 0 Å². The van der Waals surface area contributed by atoms with Crippen LogP contribution < -0.4 is 4.90 Å². The van der Waals surface area contributed by atoms with E-state index in [1.807, 2.05) is 0 Å². The number of anilines is 3. The second-order valence-electron chi connectivity index (χ2n) is 20.9. The van der Waals surface area contributed by atoms with Gasteiger partial charge in [-0.3, -0.25) is 0 Å². The molecule has 0 aliphatic rings. The quantitative estimate of drug-likeness (QED) is 0.141. The molecule has 3 heterocycles. The molecular formula is C76H50N4. The first-order valence-electron chi connectivity index (χ1n) is 27.5. The van der Waals surface area contributed by atoms with Crippen LogP contribution in [-0.2, 0) is 0 Å². The molecule has 0 bridgehead atoms. The molecule has 0 aliphatic heterocycles. The van der Waals surface area contributed by atoms with Crippen LogP contribution in [0, 0.1) is 0 Å². The Morgan fingerprint density at radius 2 is 0.550 bits per heavy atom. The summed E-state index contributed by atoms with van der Waals surface area (Å²) in [7, 11) is 0. The van der Waals surface area contributed by atoms with Gasteiger partial charge in [0.05, 0.1) is 38.8 Å². The number of hydrogen-bond donors (Lipinski definition) is 0. The molecular weight excluding hydrogens is 969 g/mol. The van der Waals surface area contributed by atoms with Crippen molar-refractivity contribution in [2.75, 3.05) is 4.90 Å². The van der Waals surface area contributed by atoms with E-state index in [1.165, 1.54) is 98.4 Å². The molecule has 16 rings (SSSR count). The number of benzene rings is 13. The molecule has 4 heteroatoms. The normalized spacial score (nSPS) is 11.8. The second kappa shape index (κ2) is 18.5. The smallest absolute Gasteiger partial charge is 0.0547 e. The van der Waals surface area contributed by atoms with Crippen molar-refractivity contribution in [3.05, 3.63) is 303 Å². The van der Waals surface area contributed by atoms with Crippen LogP contribution >= 0.6 is 0 Å². The number of fused-ring (bicyclic) bond motifs is 10. The molecule has 0 fully saturated rings. The van der Waals surface area contributed by atoms with Crippen LogP contribution in [0.4, 0.5) is 17.1 Å². The molecule has 16 aromatic rings. The molecule has 0 amide bonds. The van der Waals surface area contributed by atoms with Crippen molar-refractivity contribution in [3.63, 3.8) is 0 Å². The maximum atomic E-state index is 2.43. The fourth-order valence-corrected chi connectivity index (χ4v) is 12.8. The number of hydrogen-bond acceptors (Lipinski definition) is 1. The first-order chi connectivity index (χ1) is 39.7. The Morgan fingerprint density at radius 3 is 1.02 bits per heavy atom. The third-order valence-electron chi connectivity index (χ3n) is 16.4. The lowest BCUT2D eigenvalue weighted by Crippen LogP contribution is -2.10. The zero-order valence-corrected chi connectivity index (χ0v) is 43.7. The van der Waals surface area contributed by atoms with E-state index >= 15 is 0 Å². The topological polar surface area (TPSA) is 18.0 Å². The van der Waals surface area contributed by atoms with E-state index in [0.717, 1.165) is 45.3 Å². The Labute approximate surface area is 463 Å². The van der Waals surface area contributed by atoms with Crippen LogP contribution in [0.1, 0.15) is 0 Å². The van der Waals surface area contributed by atoms with Gasteiger partial charge in [0.15, 0.2) is 0 Å². The first kappa shape index (κ1) is 45.5. The van der Waals surface area contributed by atoms with Crippen molar-refractivity contribution in [1.82, 2.24) is 13.7 Å². The minimum Gasteiger partial charge on any atom is -0.310 e. The molecule has 374 valence electrons. The minimum atomic E-state index is 1.07. The molecule has 3 aromatic heterocycles. The van der Waals surface area contributed by atoms with Gasteiger partial charge in [-0.25, -0.2) is 0 Å². The average molecular weight is 1020 g/mol. The van der Waals surface area contributed by atoms with Crippen LogP contribution in [-0.4, -0.2) is 13.7 Å². The van der Waals surface area contributed by atoms with Gasteiger partial charge in [-0.05, 0) is 154 Å². The molecule has 0 radical (unpaired) electrons. The molecule has 0 saturated carbocycles. The van der Waals surface area contributed by atoms with E-state index < -0.39 is 0 Å². The summed E-state index contributed by atoms with van der Waals surface area (Å²) in [5.74, 6) is 0. The number of rotatable bonds is 9. The minimum absolute atomic E-state index is 1.07. The third kappa shape index (κ3) is 7.31. The Morgan fingerprint density at radius 1 is 0.200 bits per heavy atom. The van der Waals surface area contributed by atoms with Gasteiger partial charge in [-0.1, -0.05) is 188 Å². The Bertz CT molecular complexity index is 4830. The summed E-state index contributed by atoms with van der Waals surface area (Å²) in [6, 6.07) is 111. The van der Waals surface area contributed by atoms with E-state index in [4.69, 9.17) is 0 Å². The number of nitrogens with zero attached hydrogens (tertiary/aromatic N) is 4. The van der Waals surface area contributed by atoms with Crippen LogP contribution in [0.2, 0.25) is 0 Å². The monoisotopic (exact) mass is 1020 g/mol. The molecule has 0 aliphatic carbocycles. The summed E-state index contributed by atoms with van der Waals surface area (Å²) < 4.78 is 7.16. The van der Waals surface area contributed by atoms with E-state index in [0.29, 0.717) is 0 Å². The van der Waals surface area contributed by atoms with Gasteiger partial charge in [0.25, 0.3) is 0 Å². The van der Waals surface area contributed by atoms with Gasteiger partial charge in [-0.15, -0.1) is 0 Å². The molecule has 0 unspecified atom stereocenters. The molecule has 4 nitrogen and oxygen atoms in total. The Hall–Kier alpha value is -10.7. The van der Waals surface area contributed by atoms with E-state index in [-0.39, 0.29) is 0 Å². The van der Waals surface area contributed by atoms with E-state index in [1.54, 1.807) is 0 Å². The molecule has 0 N–H and O–H groups in total. The van der Waals surface area contributed by atoms with Gasteiger partial charge in [0, 0.05) is 66.1 Å². The molecule has 13 aromatic carbocycles. The van der Waals surface area contributed by atoms with Gasteiger partial charge >= 0.3 is 0 Å². The van der Waals surface area contributed by atoms with Crippen LogP contribution in [0.25, 0.3) is 127 Å². The summed E-state index contributed by atoms with van der Waals surface area (Å²) >= 11 is 0. The van der Waals surface area contributed by atoms with Crippen LogP contribution in [0.3, 0.4) is 0 Å². The van der Waals surface area contributed by atoms with Crippen LogP contribution in [0.5, 0.6) is 0 Å². The summed E-state index contributed by atoms with van der Waals surface area (Å²) in [5, 5.41) is 9.81. The summed E-state index contributed by atoms with van der Waals surface area (Å²) in [6.45, 7) is 0. The summed E-state index contributed by atoms with van der Waals surface area (Å²) in [6.07, 6.45) is 0. The third-order valence-corrected chi connectivity index (χ3v) is 16.4. The lowest BCUT2D eigenvalue weighted by molar-refractivity contribution is 1.18. The average Bonchev–Trinajstić information content (AvgIpc) is 4.21. The summed E-state index contributed by atoms with van der Waals surface area (Å²) in [5.41, 5.74) is 20.9. The number of para-hydroxylation sites is 6. The largest absolute Gasteiger partial charge is 0.310 e. The van der Waals surface area contributed by atoms with Crippen molar-refractivity contribution in [3.8, 4) is 50.4 Å². The molecule has 0 spiro atoms. The van der Waals surface area contributed by atoms with Crippen molar-refractivity contribution in [1.29, 1.82) is 0 Å². The lowest BCUT2D eigenvalue weighted by atomic mass is 9.95. The van der Waals surface area contributed by atoms with Gasteiger partial charge in [0.1, 0.15) is 0 Å². The predicted octanol–water partition coefficient (Wildman–Crippen LogP) is 20.6. The van der Waals surface area contributed by atoms with Crippen molar-refractivity contribution in [2.24, 2.45) is 0 Å². The van der Waals surface area contributed by atoms with Gasteiger partial charge in [0.2, 0.25) is 0 Å². The standard InChI is InChI=1S/C76H50N4/c1-4-18-56(19-5-1)78-71-30-16-13-27-65(71)68-48-53(37-45-74(68)78)51-32-39-59(40-33-51)77(60-41-34-52(35-42-60)54-38-46-75-69(49-54)66-28-14-17-31-72(66)79(75)57-20-6-2-7-21-57)73-47-44-61(62-24-10-11-25-63(62)73)55-36-43-67-64-26-12-15-29-70(64)80(76(67)50-55)58-22-8-3-9-23-58/h1-50H.